The van der Waals surface area contributed by atoms with E-state index in [4.69, 9.17) is 10.2 Å². The molecule has 0 radical (unpaired) electrons. The van der Waals surface area contributed by atoms with Gasteiger partial charge in [-0.15, -0.1) is 0 Å². The van der Waals surface area contributed by atoms with Gasteiger partial charge in [0.2, 0.25) is 0 Å². The van der Waals surface area contributed by atoms with Crippen molar-refractivity contribution in [1.82, 2.24) is 0 Å². The predicted octanol–water partition coefficient (Wildman–Crippen LogP) is -1.10. The van der Waals surface area contributed by atoms with Crippen LogP contribution >= 0.6 is 77.4 Å². The molecule has 0 bridgehead atoms. The summed E-state index contributed by atoms with van der Waals surface area (Å²) < 4.78 is 58.9. The van der Waals surface area contributed by atoms with E-state index in [1.807, 2.05) is 0 Å². The summed E-state index contributed by atoms with van der Waals surface area (Å²) in [5.41, 5.74) is 0. The summed E-state index contributed by atoms with van der Waals surface area (Å²) in [4.78, 5) is 0. The number of rotatable bonds is 13. The van der Waals surface area contributed by atoms with E-state index < -0.39 is 23.4 Å². The van der Waals surface area contributed by atoms with E-state index in [2.05, 4.69) is 19.6 Å². The van der Waals surface area contributed by atoms with Gasteiger partial charge in [-0.2, -0.15) is 12.6 Å². The molecule has 0 heterocycles. The van der Waals surface area contributed by atoms with Crippen molar-refractivity contribution in [3.05, 3.63) is 0 Å². The minimum Gasteiger partial charge on any atom is -0.739 e. The molecule has 0 aliphatic carbocycles. The minimum absolute atomic E-state index is 0. The van der Waals surface area contributed by atoms with Crippen molar-refractivity contribution in [1.29, 1.82) is 0 Å². The van der Waals surface area contributed by atoms with Crippen molar-refractivity contribution in [3.8, 4) is 0 Å². The average Bonchev–Trinajstić information content (AvgIpc) is 2.52. The Morgan fingerprint density at radius 3 is 1.19 bits per heavy atom. The molecule has 194 valence electrons. The summed E-state index contributed by atoms with van der Waals surface area (Å²) in [6.07, 6.45) is 1.18. The van der Waals surface area contributed by atoms with Gasteiger partial charge in [0.25, 0.3) is 0 Å². The van der Waals surface area contributed by atoms with Crippen LogP contribution in [-0.2, 0) is 18.3 Å². The second-order valence-corrected chi connectivity index (χ2v) is 16.2. The second-order valence-electron chi connectivity index (χ2n) is 3.34. The summed E-state index contributed by atoms with van der Waals surface area (Å²) in [6, 6.07) is 0. The Kier molecular flexibility index (Phi) is 85.5. The maximum absolute atomic E-state index is 9.81. The minimum atomic E-state index is -4.50. The summed E-state index contributed by atoms with van der Waals surface area (Å²) in [7, 11) is -2.43. The molecule has 0 aromatic rings. The third-order valence-electron chi connectivity index (χ3n) is 1.22. The molecule has 32 heavy (non-hydrogen) atoms. The molecule has 0 spiro atoms. The van der Waals surface area contributed by atoms with Gasteiger partial charge in [-0.25, -0.2) is 16.8 Å². The summed E-state index contributed by atoms with van der Waals surface area (Å²) in [6.45, 7) is 2.62. The average molecular weight is 657 g/mol. The first-order chi connectivity index (χ1) is 12.0. The smallest absolute Gasteiger partial charge is 0.739 e. The summed E-state index contributed by atoms with van der Waals surface area (Å²) in [5.74, 6) is 2.62. The summed E-state index contributed by atoms with van der Waals surface area (Å²) >= 11 is 3.92. The van der Waals surface area contributed by atoms with Crippen LogP contribution in [0.15, 0.2) is 0 Å². The monoisotopic (exact) mass is 656 g/mol. The zero-order valence-corrected chi connectivity index (χ0v) is 27.1. The van der Waals surface area contributed by atoms with Crippen LogP contribution in [0.5, 0.6) is 0 Å². The number of thiol groups is 1. The number of hydrogen-bond acceptors (Lipinski definition) is 15. The number of aliphatic hydroxyl groups is 2. The van der Waals surface area contributed by atoms with Crippen LogP contribution in [0.3, 0.4) is 0 Å². The number of hydrogen-bond donors (Lipinski definition) is 3. The Balaban J connectivity index is -0.0000000348. The fraction of sp³-hybridized carbons (Fsp3) is 1.00. The molecule has 0 fully saturated rings. The molecule has 8 nitrogen and oxygen atoms in total. The van der Waals surface area contributed by atoms with Crippen LogP contribution < -0.4 is 59.1 Å². The molecule has 0 aromatic carbocycles. The van der Waals surface area contributed by atoms with Gasteiger partial charge in [-0.1, -0.05) is 79.8 Å². The SMILES string of the molecule is C.C.C.C.CCCS.O=S(=O)([O-])SCSS(=O)(=O)[O-].OCCSSCSSCCO.[Na+].[Na+]. The normalized spacial score (nSPS) is 9.06. The largest absolute Gasteiger partial charge is 1.00 e. The van der Waals surface area contributed by atoms with E-state index in [0.29, 0.717) is 0 Å². The molecule has 0 amide bonds. The van der Waals surface area contributed by atoms with Gasteiger partial charge >= 0.3 is 59.1 Å². The second kappa shape index (κ2) is 45.1. The van der Waals surface area contributed by atoms with Crippen molar-refractivity contribution in [2.75, 3.05) is 40.6 Å². The fourth-order valence-electron chi connectivity index (χ4n) is 0.418. The van der Waals surface area contributed by atoms with Crippen molar-refractivity contribution in [2.45, 2.75) is 43.1 Å². The Bertz CT molecular complexity index is 444. The first-order valence-electron chi connectivity index (χ1n) is 6.55. The zero-order chi connectivity index (χ0) is 20.9. The van der Waals surface area contributed by atoms with Crippen molar-refractivity contribution in [3.63, 3.8) is 0 Å². The predicted molar refractivity (Wildman–Crippen MR) is 150 cm³/mol. The van der Waals surface area contributed by atoms with Gasteiger partial charge < -0.3 is 19.3 Å². The van der Waals surface area contributed by atoms with Crippen LogP contribution in [-0.4, -0.2) is 76.8 Å². The van der Waals surface area contributed by atoms with Crippen molar-refractivity contribution < 1.29 is 95.3 Å². The van der Waals surface area contributed by atoms with E-state index in [9.17, 15) is 25.9 Å². The fourth-order valence-corrected chi connectivity index (χ4v) is 9.93. The Morgan fingerprint density at radius 2 is 1.00 bits per heavy atom. The van der Waals surface area contributed by atoms with Gasteiger partial charge in [0.05, 0.1) is 23.4 Å². The first-order valence-corrected chi connectivity index (χ1v) is 18.0. The van der Waals surface area contributed by atoms with Gasteiger partial charge in [0.15, 0.2) is 0 Å². The van der Waals surface area contributed by atoms with Crippen LogP contribution in [0, 0.1) is 0 Å². The standard InChI is InChI=1S/C5H12O2S4.C3H8S.CH4O6S4.4CH4.2Na/c6-1-3-8-10-5-11-9-4-2-7;1-2-3-4;2-10(3,4)8-1-9-11(5,6)7;;;;;;/h6-7H,1-5H2;4H,2-3H2,1H3;1H2,(H,2,3,4)(H,5,6,7);4*1H4;;/q;;;;;;;2*+1/p-2. The van der Waals surface area contributed by atoms with E-state index >= 15 is 0 Å². The molecule has 0 unspecified atom stereocenters. The molecule has 0 atom stereocenters. The van der Waals surface area contributed by atoms with Gasteiger partial charge in [0.1, 0.15) is 18.3 Å². The zero-order valence-electron chi connectivity index (χ0n) is 15.7. The van der Waals surface area contributed by atoms with Crippen molar-refractivity contribution in [2.24, 2.45) is 0 Å². The van der Waals surface area contributed by atoms with Gasteiger partial charge in [-0.3, -0.25) is 0 Å². The molecular weight excluding hydrogens is 619 g/mol. The Labute approximate surface area is 270 Å². The maximum atomic E-state index is 9.81. The molecule has 0 aliphatic heterocycles. The molecule has 0 saturated carbocycles. The molecule has 2 N–H and O–H groups in total. The van der Waals surface area contributed by atoms with Crippen LogP contribution in [0.4, 0.5) is 0 Å². The quantitative estimate of drug-likeness (QED) is 0.0549. The molecule has 0 aromatic heterocycles. The maximum Gasteiger partial charge on any atom is 1.00 e. The molecule has 19 heteroatoms. The van der Waals surface area contributed by atoms with Gasteiger partial charge in [0, 0.05) is 11.5 Å². The van der Waals surface area contributed by atoms with E-state index in [-0.39, 0.29) is 124 Å². The van der Waals surface area contributed by atoms with Crippen molar-refractivity contribution >= 4 is 95.7 Å². The molecule has 0 saturated heterocycles. The third kappa shape index (κ3) is 83.9. The Hall–Kier alpha value is 4.19. The summed E-state index contributed by atoms with van der Waals surface area (Å²) in [5, 5.41) is 17.3. The van der Waals surface area contributed by atoms with Gasteiger partial charge in [-0.05, 0) is 33.8 Å². The van der Waals surface area contributed by atoms with Crippen LogP contribution in [0.25, 0.3) is 0 Å². The van der Waals surface area contributed by atoms with Crippen LogP contribution in [0.1, 0.15) is 43.1 Å². The van der Waals surface area contributed by atoms with Crippen LogP contribution in [0.2, 0.25) is 0 Å². The Morgan fingerprint density at radius 1 is 0.719 bits per heavy atom. The molecular formula is C13H38Na2O8S9. The first kappa shape index (κ1) is 60.6. The molecule has 0 aliphatic rings. The molecule has 0 rings (SSSR count). The third-order valence-corrected chi connectivity index (χ3v) is 12.0. The van der Waals surface area contributed by atoms with E-state index in [0.717, 1.165) is 22.3 Å². The van der Waals surface area contributed by atoms with E-state index in [1.165, 1.54) is 6.42 Å². The topological polar surface area (TPSA) is 155 Å². The number of aliphatic hydroxyl groups excluding tert-OH is 2. The van der Waals surface area contributed by atoms with E-state index in [1.54, 1.807) is 43.2 Å².